The van der Waals surface area contributed by atoms with Crippen molar-refractivity contribution in [2.45, 2.75) is 25.4 Å². The Morgan fingerprint density at radius 1 is 1.40 bits per heavy atom. The van der Waals surface area contributed by atoms with Crippen LogP contribution >= 0.6 is 11.6 Å². The maximum Gasteiger partial charge on any atom is 0.0834 e. The summed E-state index contributed by atoms with van der Waals surface area (Å²) in [7, 11) is 1.98. The molecule has 3 aliphatic heterocycles. The van der Waals surface area contributed by atoms with Gasteiger partial charge in [0.2, 0.25) is 0 Å². The summed E-state index contributed by atoms with van der Waals surface area (Å²) in [5, 5.41) is 8.79. The van der Waals surface area contributed by atoms with E-state index in [1.54, 1.807) is 6.20 Å². The van der Waals surface area contributed by atoms with Crippen molar-refractivity contribution in [2.24, 2.45) is 7.05 Å². The van der Waals surface area contributed by atoms with Crippen molar-refractivity contribution < 1.29 is 0 Å². The fraction of sp³-hybridized carbons (Fsp3) is 0.786. The Hall–Kier alpha value is -0.620. The number of rotatable bonds is 5. The van der Waals surface area contributed by atoms with E-state index < -0.39 is 0 Å². The zero-order valence-corrected chi connectivity index (χ0v) is 13.1. The van der Waals surface area contributed by atoms with Crippen LogP contribution in [0.3, 0.4) is 0 Å². The lowest BCUT2D eigenvalue weighted by Crippen LogP contribution is -2.64. The quantitative estimate of drug-likeness (QED) is 0.883. The average molecular weight is 298 g/mol. The molecule has 1 N–H and O–H groups in total. The number of nitrogens with one attached hydrogen (secondary N) is 1. The first-order valence-corrected chi connectivity index (χ1v) is 7.95. The van der Waals surface area contributed by atoms with Crippen LogP contribution in [0.15, 0.2) is 6.20 Å². The predicted molar refractivity (Wildman–Crippen MR) is 81.1 cm³/mol. The summed E-state index contributed by atoms with van der Waals surface area (Å²) in [6.45, 7) is 9.09. The minimum absolute atomic E-state index is 0.262. The molecule has 0 aliphatic carbocycles. The number of piperazine rings is 3. The summed E-state index contributed by atoms with van der Waals surface area (Å²) < 4.78 is 1.92. The van der Waals surface area contributed by atoms with Gasteiger partial charge >= 0.3 is 0 Å². The molecule has 112 valence electrons. The minimum Gasteiger partial charge on any atom is -0.307 e. The number of hydrogen-bond acceptors (Lipinski definition) is 4. The molecular weight excluding hydrogens is 274 g/mol. The molecule has 1 aromatic heterocycles. The van der Waals surface area contributed by atoms with E-state index >= 15 is 0 Å². The molecule has 2 unspecified atom stereocenters. The summed E-state index contributed by atoms with van der Waals surface area (Å²) >= 11 is 6.38. The van der Waals surface area contributed by atoms with Gasteiger partial charge in [0.15, 0.2) is 0 Å². The SMILES string of the molecule is CCCNC(c1c(Cl)cnn1C)C1CN2CCN1CC2. The van der Waals surface area contributed by atoms with E-state index in [1.807, 2.05) is 11.7 Å². The van der Waals surface area contributed by atoms with E-state index in [-0.39, 0.29) is 6.04 Å². The summed E-state index contributed by atoms with van der Waals surface area (Å²) in [6.07, 6.45) is 2.89. The topological polar surface area (TPSA) is 36.3 Å². The lowest BCUT2D eigenvalue weighted by atomic mass is 9.97. The first-order valence-electron chi connectivity index (χ1n) is 7.58. The second-order valence-corrected chi connectivity index (χ2v) is 6.24. The molecule has 20 heavy (non-hydrogen) atoms. The molecule has 3 fully saturated rings. The van der Waals surface area contributed by atoms with E-state index in [0.717, 1.165) is 30.2 Å². The molecule has 1 aromatic rings. The number of halogens is 1. The molecule has 3 aliphatic rings. The Labute approximate surface area is 125 Å². The van der Waals surface area contributed by atoms with E-state index in [9.17, 15) is 0 Å². The highest BCUT2D eigenvalue weighted by Gasteiger charge is 2.38. The van der Waals surface area contributed by atoms with Crippen LogP contribution in [0, 0.1) is 0 Å². The van der Waals surface area contributed by atoms with Gasteiger partial charge < -0.3 is 5.32 Å². The van der Waals surface area contributed by atoms with Gasteiger partial charge in [0, 0.05) is 45.8 Å². The highest BCUT2D eigenvalue weighted by atomic mass is 35.5. The Kier molecular flexibility index (Phi) is 4.31. The lowest BCUT2D eigenvalue weighted by Gasteiger charge is -2.50. The van der Waals surface area contributed by atoms with Gasteiger partial charge in [-0.3, -0.25) is 14.5 Å². The Bertz CT molecular complexity index is 433. The molecule has 3 saturated heterocycles. The summed E-state index contributed by atoms with van der Waals surface area (Å²) in [4.78, 5) is 5.17. The number of fused-ring (bicyclic) bond motifs is 3. The maximum atomic E-state index is 6.38. The number of aryl methyl sites for hydroxylation is 1. The van der Waals surface area contributed by atoms with Crippen molar-refractivity contribution in [2.75, 3.05) is 39.3 Å². The Morgan fingerprint density at radius 2 is 2.15 bits per heavy atom. The summed E-state index contributed by atoms with van der Waals surface area (Å²) in [5.41, 5.74) is 1.12. The van der Waals surface area contributed by atoms with Gasteiger partial charge in [0.05, 0.1) is 23.0 Å². The van der Waals surface area contributed by atoms with Crippen LogP contribution in [0.1, 0.15) is 25.1 Å². The van der Waals surface area contributed by atoms with Gasteiger partial charge in [0.1, 0.15) is 0 Å². The normalized spacial score (nSPS) is 30.6. The molecule has 0 aromatic carbocycles. The van der Waals surface area contributed by atoms with E-state index in [2.05, 4.69) is 27.1 Å². The maximum absolute atomic E-state index is 6.38. The monoisotopic (exact) mass is 297 g/mol. The van der Waals surface area contributed by atoms with Crippen molar-refractivity contribution in [3.63, 3.8) is 0 Å². The third-order valence-electron chi connectivity index (χ3n) is 4.55. The molecule has 6 heteroatoms. The second-order valence-electron chi connectivity index (χ2n) is 5.84. The van der Waals surface area contributed by atoms with Gasteiger partial charge in [-0.25, -0.2) is 0 Å². The fourth-order valence-corrected chi connectivity index (χ4v) is 3.74. The molecular formula is C14H24ClN5. The summed E-state index contributed by atoms with van der Waals surface area (Å²) in [5.74, 6) is 0. The largest absolute Gasteiger partial charge is 0.307 e. The zero-order chi connectivity index (χ0) is 14.1. The smallest absolute Gasteiger partial charge is 0.0834 e. The van der Waals surface area contributed by atoms with Crippen molar-refractivity contribution >= 4 is 11.6 Å². The molecule has 2 bridgehead atoms. The average Bonchev–Trinajstić information content (AvgIpc) is 2.81. The van der Waals surface area contributed by atoms with Crippen LogP contribution in [-0.4, -0.2) is 64.9 Å². The molecule has 4 heterocycles. The van der Waals surface area contributed by atoms with E-state index in [1.165, 1.54) is 26.2 Å². The van der Waals surface area contributed by atoms with Crippen molar-refractivity contribution in [1.29, 1.82) is 0 Å². The van der Waals surface area contributed by atoms with Crippen LogP contribution in [0.5, 0.6) is 0 Å². The fourth-order valence-electron chi connectivity index (χ4n) is 3.46. The van der Waals surface area contributed by atoms with Gasteiger partial charge in [-0.15, -0.1) is 0 Å². The highest BCUT2D eigenvalue weighted by Crippen LogP contribution is 2.30. The standard InChI is InChI=1S/C14H24ClN5/c1-3-4-16-13(14-11(15)9-17-18(14)2)12-10-19-5-7-20(12)8-6-19/h9,12-13,16H,3-8,10H2,1-2H3. The molecule has 0 spiro atoms. The third kappa shape index (κ3) is 2.60. The molecule has 0 radical (unpaired) electrons. The first kappa shape index (κ1) is 14.3. The summed E-state index contributed by atoms with van der Waals surface area (Å²) in [6, 6.07) is 0.759. The van der Waals surface area contributed by atoms with Gasteiger partial charge in [-0.05, 0) is 13.0 Å². The van der Waals surface area contributed by atoms with E-state index in [4.69, 9.17) is 11.6 Å². The Balaban J connectivity index is 1.86. The van der Waals surface area contributed by atoms with Crippen molar-refractivity contribution in [1.82, 2.24) is 24.9 Å². The molecule has 5 nitrogen and oxygen atoms in total. The van der Waals surface area contributed by atoms with Crippen LogP contribution in [-0.2, 0) is 7.05 Å². The van der Waals surface area contributed by atoms with E-state index in [0.29, 0.717) is 6.04 Å². The molecule has 0 amide bonds. The zero-order valence-electron chi connectivity index (χ0n) is 12.3. The van der Waals surface area contributed by atoms with Gasteiger partial charge in [-0.2, -0.15) is 5.10 Å². The second kappa shape index (κ2) is 6.02. The minimum atomic E-state index is 0.262. The van der Waals surface area contributed by atoms with Gasteiger partial charge in [0.25, 0.3) is 0 Å². The number of nitrogens with zero attached hydrogens (tertiary/aromatic N) is 4. The van der Waals surface area contributed by atoms with Gasteiger partial charge in [-0.1, -0.05) is 18.5 Å². The molecule has 2 atom stereocenters. The van der Waals surface area contributed by atoms with Crippen LogP contribution in [0.2, 0.25) is 5.02 Å². The van der Waals surface area contributed by atoms with Crippen molar-refractivity contribution in [3.05, 3.63) is 16.9 Å². The molecule has 4 rings (SSSR count). The van der Waals surface area contributed by atoms with Crippen LogP contribution in [0.25, 0.3) is 0 Å². The van der Waals surface area contributed by atoms with Crippen LogP contribution < -0.4 is 5.32 Å². The lowest BCUT2D eigenvalue weighted by molar-refractivity contribution is -0.00480. The van der Waals surface area contributed by atoms with Crippen molar-refractivity contribution in [3.8, 4) is 0 Å². The number of aromatic nitrogens is 2. The number of hydrogen-bond donors (Lipinski definition) is 1. The van der Waals surface area contributed by atoms with Crippen LogP contribution in [0.4, 0.5) is 0 Å². The predicted octanol–water partition coefficient (Wildman–Crippen LogP) is 1.11. The Morgan fingerprint density at radius 3 is 2.65 bits per heavy atom. The highest BCUT2D eigenvalue weighted by molar-refractivity contribution is 6.31. The first-order chi connectivity index (χ1) is 9.70. The molecule has 0 saturated carbocycles. The third-order valence-corrected chi connectivity index (χ3v) is 4.84.